The first-order chi connectivity index (χ1) is 8.65. The van der Waals surface area contributed by atoms with Crippen molar-refractivity contribution in [1.29, 1.82) is 0 Å². The molecule has 2 nitrogen and oxygen atoms in total. The Morgan fingerprint density at radius 1 is 1.28 bits per heavy atom. The first-order valence-corrected chi connectivity index (χ1v) is 6.59. The van der Waals surface area contributed by atoms with E-state index in [1.54, 1.807) is 6.07 Å². The van der Waals surface area contributed by atoms with Gasteiger partial charge in [-0.1, -0.05) is 18.2 Å². The number of hydrogen-bond acceptors (Lipinski definition) is 2. The lowest BCUT2D eigenvalue weighted by atomic mass is 9.88. The van der Waals surface area contributed by atoms with E-state index in [4.69, 9.17) is 0 Å². The minimum absolute atomic E-state index is 0.136. The van der Waals surface area contributed by atoms with Crippen LogP contribution in [0.1, 0.15) is 31.2 Å². The smallest absolute Gasteiger partial charge is 0.132 e. The predicted octanol–water partition coefficient (Wildman–Crippen LogP) is 3.02. The molecule has 0 radical (unpaired) electrons. The Morgan fingerprint density at radius 2 is 1.94 bits per heavy atom. The first-order valence-electron chi connectivity index (χ1n) is 6.59. The van der Waals surface area contributed by atoms with Gasteiger partial charge in [-0.25, -0.2) is 4.39 Å². The number of ketones is 1. The third-order valence-corrected chi connectivity index (χ3v) is 3.63. The molecule has 3 heteroatoms. The molecule has 1 aliphatic carbocycles. The zero-order valence-electron chi connectivity index (χ0n) is 10.9. The van der Waals surface area contributed by atoms with Gasteiger partial charge in [0.05, 0.1) is 0 Å². The number of carbonyl (C=O) groups is 1. The van der Waals surface area contributed by atoms with Crippen molar-refractivity contribution in [3.63, 3.8) is 0 Å². The van der Waals surface area contributed by atoms with E-state index in [0.29, 0.717) is 18.2 Å². The first kappa shape index (κ1) is 13.2. The zero-order chi connectivity index (χ0) is 13.0. The van der Waals surface area contributed by atoms with Crippen LogP contribution >= 0.6 is 0 Å². The highest BCUT2D eigenvalue weighted by atomic mass is 19.1. The van der Waals surface area contributed by atoms with Crippen LogP contribution < -0.4 is 0 Å². The maximum Gasteiger partial charge on any atom is 0.132 e. The van der Waals surface area contributed by atoms with Crippen molar-refractivity contribution in [2.24, 2.45) is 5.92 Å². The molecule has 1 fully saturated rings. The van der Waals surface area contributed by atoms with Gasteiger partial charge in [-0.15, -0.1) is 0 Å². The summed E-state index contributed by atoms with van der Waals surface area (Å²) in [7, 11) is 2.02. The summed E-state index contributed by atoms with van der Waals surface area (Å²) in [5, 5.41) is 0. The molecule has 1 aliphatic rings. The molecule has 0 amide bonds. The largest absolute Gasteiger partial charge is 0.302 e. The second kappa shape index (κ2) is 6.10. The van der Waals surface area contributed by atoms with E-state index in [1.165, 1.54) is 6.07 Å². The molecule has 2 rings (SSSR count). The lowest BCUT2D eigenvalue weighted by Gasteiger charge is -2.26. The quantitative estimate of drug-likeness (QED) is 0.817. The molecule has 0 spiro atoms. The molecule has 0 aromatic heterocycles. The fourth-order valence-electron chi connectivity index (χ4n) is 2.60. The number of rotatable bonds is 4. The maximum absolute atomic E-state index is 13.5. The summed E-state index contributed by atoms with van der Waals surface area (Å²) in [4.78, 5) is 13.3. The van der Waals surface area contributed by atoms with E-state index in [9.17, 15) is 9.18 Å². The van der Waals surface area contributed by atoms with Gasteiger partial charge in [-0.05, 0) is 31.9 Å². The van der Waals surface area contributed by atoms with Crippen molar-refractivity contribution in [3.8, 4) is 0 Å². The van der Waals surface area contributed by atoms with E-state index in [2.05, 4.69) is 4.90 Å². The van der Waals surface area contributed by atoms with Crippen LogP contribution in [0.5, 0.6) is 0 Å². The molecule has 0 atom stereocenters. The Hall–Kier alpha value is -1.22. The van der Waals surface area contributed by atoms with Gasteiger partial charge in [0, 0.05) is 31.5 Å². The molecule has 98 valence electrons. The molecule has 0 bridgehead atoms. The number of Topliss-reactive ketones (excluding diaryl/α,β-unsaturated/α-hetero) is 1. The van der Waals surface area contributed by atoms with Crippen molar-refractivity contribution in [1.82, 2.24) is 4.90 Å². The van der Waals surface area contributed by atoms with E-state index in [-0.39, 0.29) is 5.82 Å². The van der Waals surface area contributed by atoms with E-state index >= 15 is 0 Å². The minimum atomic E-state index is -0.136. The number of nitrogens with zero attached hydrogens (tertiary/aromatic N) is 1. The van der Waals surface area contributed by atoms with Gasteiger partial charge < -0.3 is 4.90 Å². The summed E-state index contributed by atoms with van der Waals surface area (Å²) in [5.41, 5.74) is 0.742. The van der Waals surface area contributed by atoms with Gasteiger partial charge in [0.25, 0.3) is 0 Å². The molecule has 18 heavy (non-hydrogen) atoms. The van der Waals surface area contributed by atoms with Crippen molar-refractivity contribution in [2.75, 3.05) is 13.6 Å². The van der Waals surface area contributed by atoms with Crippen LogP contribution in [0.3, 0.4) is 0 Å². The molecule has 0 aliphatic heterocycles. The average Bonchev–Trinajstić information content (AvgIpc) is 2.35. The van der Waals surface area contributed by atoms with Crippen LogP contribution in [0, 0.1) is 11.7 Å². The molecule has 0 heterocycles. The Labute approximate surface area is 108 Å². The van der Waals surface area contributed by atoms with Crippen LogP contribution in [-0.4, -0.2) is 24.3 Å². The van der Waals surface area contributed by atoms with Gasteiger partial charge in [-0.3, -0.25) is 4.79 Å². The predicted molar refractivity (Wildman–Crippen MR) is 69.7 cm³/mol. The monoisotopic (exact) mass is 249 g/mol. The van der Waals surface area contributed by atoms with Crippen LogP contribution in [0.15, 0.2) is 24.3 Å². The molecule has 1 aromatic rings. The minimum Gasteiger partial charge on any atom is -0.302 e. The van der Waals surface area contributed by atoms with Crippen LogP contribution in [0.4, 0.5) is 4.39 Å². The fraction of sp³-hybridized carbons (Fsp3) is 0.533. The zero-order valence-corrected chi connectivity index (χ0v) is 10.9. The number of benzene rings is 1. The van der Waals surface area contributed by atoms with Crippen molar-refractivity contribution >= 4 is 5.78 Å². The summed E-state index contributed by atoms with van der Waals surface area (Å²) in [6.45, 7) is 1.58. The van der Waals surface area contributed by atoms with Gasteiger partial charge in [0.1, 0.15) is 11.6 Å². The molecule has 1 saturated carbocycles. The normalized spacial score (nSPS) is 17.4. The van der Waals surface area contributed by atoms with Gasteiger partial charge >= 0.3 is 0 Å². The van der Waals surface area contributed by atoms with E-state index in [1.807, 2.05) is 19.2 Å². The summed E-state index contributed by atoms with van der Waals surface area (Å²) in [6, 6.07) is 6.91. The standard InChI is InChI=1S/C15H20FNO/c1-17(10-12-6-8-14(18)9-7-12)11-13-4-2-3-5-15(13)16/h2-5,12H,6-11H2,1H3. The second-order valence-corrected chi connectivity index (χ2v) is 5.27. The highest BCUT2D eigenvalue weighted by molar-refractivity contribution is 5.79. The van der Waals surface area contributed by atoms with E-state index in [0.717, 1.165) is 37.8 Å². The molecule has 0 saturated heterocycles. The van der Waals surface area contributed by atoms with Gasteiger partial charge in [-0.2, -0.15) is 0 Å². The van der Waals surface area contributed by atoms with E-state index < -0.39 is 0 Å². The summed E-state index contributed by atoms with van der Waals surface area (Å²) in [5.74, 6) is 0.839. The summed E-state index contributed by atoms with van der Waals surface area (Å²) in [6.07, 6.45) is 3.41. The highest BCUT2D eigenvalue weighted by Gasteiger charge is 2.20. The second-order valence-electron chi connectivity index (χ2n) is 5.27. The lowest BCUT2D eigenvalue weighted by molar-refractivity contribution is -0.121. The maximum atomic E-state index is 13.5. The van der Waals surface area contributed by atoms with Gasteiger partial charge in [0.15, 0.2) is 0 Å². The Morgan fingerprint density at radius 3 is 2.61 bits per heavy atom. The highest BCUT2D eigenvalue weighted by Crippen LogP contribution is 2.22. The average molecular weight is 249 g/mol. The van der Waals surface area contributed by atoms with Crippen molar-refractivity contribution < 1.29 is 9.18 Å². The molecule has 0 N–H and O–H groups in total. The Balaban J connectivity index is 1.83. The fourth-order valence-corrected chi connectivity index (χ4v) is 2.60. The topological polar surface area (TPSA) is 20.3 Å². The van der Waals surface area contributed by atoms with Crippen LogP contribution in [0.25, 0.3) is 0 Å². The third-order valence-electron chi connectivity index (χ3n) is 3.63. The molecular weight excluding hydrogens is 229 g/mol. The number of hydrogen-bond donors (Lipinski definition) is 0. The Kier molecular flexibility index (Phi) is 4.48. The number of carbonyl (C=O) groups excluding carboxylic acids is 1. The molecule has 0 unspecified atom stereocenters. The Bertz CT molecular complexity index is 409. The van der Waals surface area contributed by atoms with Crippen LogP contribution in [0.2, 0.25) is 0 Å². The number of halogens is 1. The summed E-state index contributed by atoms with van der Waals surface area (Å²) < 4.78 is 13.5. The van der Waals surface area contributed by atoms with Crippen molar-refractivity contribution in [3.05, 3.63) is 35.6 Å². The van der Waals surface area contributed by atoms with Crippen LogP contribution in [-0.2, 0) is 11.3 Å². The SMILES string of the molecule is CN(Cc1ccccc1F)CC1CCC(=O)CC1. The molecular formula is C15H20FNO. The third kappa shape index (κ3) is 3.64. The van der Waals surface area contributed by atoms with Crippen molar-refractivity contribution in [2.45, 2.75) is 32.2 Å². The lowest BCUT2D eigenvalue weighted by Crippen LogP contribution is -2.28. The van der Waals surface area contributed by atoms with Gasteiger partial charge in [0.2, 0.25) is 0 Å². The summed E-state index contributed by atoms with van der Waals surface area (Å²) >= 11 is 0. The molecule has 1 aromatic carbocycles.